The molecule has 132 valence electrons. The largest absolute Gasteiger partial charge is 0.481 e. The summed E-state index contributed by atoms with van der Waals surface area (Å²) in [5, 5.41) is 11.6. The van der Waals surface area contributed by atoms with Gasteiger partial charge in [-0.3, -0.25) is 9.59 Å². The Hall–Kier alpha value is -2.31. The summed E-state index contributed by atoms with van der Waals surface area (Å²) in [6.45, 7) is 1.73. The third-order valence-corrected chi connectivity index (χ3v) is 4.83. The van der Waals surface area contributed by atoms with Crippen LogP contribution in [0, 0.1) is 0 Å². The van der Waals surface area contributed by atoms with Gasteiger partial charge in [0.1, 0.15) is 0 Å². The Kier molecular flexibility index (Phi) is 6.61. The van der Waals surface area contributed by atoms with Crippen molar-refractivity contribution in [2.75, 3.05) is 18.2 Å². The van der Waals surface area contributed by atoms with Crippen LogP contribution in [0.3, 0.4) is 0 Å². The zero-order valence-corrected chi connectivity index (χ0v) is 15.0. The van der Waals surface area contributed by atoms with Crippen LogP contribution in [-0.2, 0) is 25.7 Å². The average Bonchev–Trinajstić information content (AvgIpc) is 2.61. The van der Waals surface area contributed by atoms with Crippen LogP contribution in [0.15, 0.2) is 54.6 Å². The summed E-state index contributed by atoms with van der Waals surface area (Å²) in [6.07, 6.45) is 0. The van der Waals surface area contributed by atoms with Crippen LogP contribution in [0.4, 0.5) is 5.69 Å². The predicted octanol–water partition coefficient (Wildman–Crippen LogP) is 3.50. The molecular weight excluding hydrogens is 338 g/mol. The van der Waals surface area contributed by atoms with Crippen molar-refractivity contribution in [3.8, 4) is 0 Å². The van der Waals surface area contributed by atoms with Crippen molar-refractivity contribution in [1.82, 2.24) is 0 Å². The van der Waals surface area contributed by atoms with Crippen LogP contribution >= 0.6 is 11.8 Å². The molecule has 1 amide bonds. The highest BCUT2D eigenvalue weighted by atomic mass is 32.2. The van der Waals surface area contributed by atoms with E-state index >= 15 is 0 Å². The van der Waals surface area contributed by atoms with E-state index in [0.717, 1.165) is 11.1 Å². The number of nitrogens with one attached hydrogen (secondary N) is 1. The molecule has 1 atom stereocenters. The molecule has 5 nitrogen and oxygen atoms in total. The molecule has 1 unspecified atom stereocenters. The quantitative estimate of drug-likeness (QED) is 0.754. The van der Waals surface area contributed by atoms with Crippen LogP contribution in [0.5, 0.6) is 0 Å². The molecule has 0 aromatic heterocycles. The first-order valence-corrected chi connectivity index (χ1v) is 8.92. The number of thioether (sulfide) groups is 1. The SMILES string of the molecule is COC(C)(C(=O)Nc1cccc(CSCC(=O)O)c1)c1ccccc1. The first-order chi connectivity index (χ1) is 12.0. The second kappa shape index (κ2) is 8.69. The molecule has 0 aliphatic heterocycles. The molecular formula is C19H21NO4S. The van der Waals surface area contributed by atoms with Gasteiger partial charge < -0.3 is 15.2 Å². The lowest BCUT2D eigenvalue weighted by atomic mass is 9.94. The zero-order chi connectivity index (χ0) is 18.3. The first-order valence-electron chi connectivity index (χ1n) is 7.76. The minimum absolute atomic E-state index is 0.0480. The lowest BCUT2D eigenvalue weighted by Gasteiger charge is -2.27. The Bertz CT molecular complexity index is 735. The van der Waals surface area contributed by atoms with E-state index in [1.807, 2.05) is 48.5 Å². The molecule has 2 aromatic rings. The Morgan fingerprint density at radius 2 is 1.88 bits per heavy atom. The Morgan fingerprint density at radius 3 is 2.52 bits per heavy atom. The maximum Gasteiger partial charge on any atom is 0.313 e. The molecule has 2 aromatic carbocycles. The van der Waals surface area contributed by atoms with Crippen LogP contribution in [0.2, 0.25) is 0 Å². The first kappa shape index (κ1) is 19.0. The molecule has 0 spiro atoms. The standard InChI is InChI=1S/C19H21NO4S/c1-19(24-2,15-8-4-3-5-9-15)18(23)20-16-10-6-7-14(11-16)12-25-13-17(21)22/h3-11H,12-13H2,1-2H3,(H,20,23)(H,21,22). The van der Waals surface area contributed by atoms with Crippen molar-refractivity contribution in [2.45, 2.75) is 18.3 Å². The number of hydrogen-bond donors (Lipinski definition) is 2. The molecule has 0 bridgehead atoms. The number of rotatable bonds is 8. The molecule has 0 saturated heterocycles. The Morgan fingerprint density at radius 1 is 1.16 bits per heavy atom. The molecule has 2 N–H and O–H groups in total. The van der Waals surface area contributed by atoms with Crippen LogP contribution in [0.1, 0.15) is 18.1 Å². The molecule has 0 heterocycles. The van der Waals surface area contributed by atoms with Crippen LogP contribution in [-0.4, -0.2) is 29.8 Å². The number of aliphatic carboxylic acids is 1. The number of carbonyl (C=O) groups excluding carboxylic acids is 1. The molecule has 6 heteroatoms. The van der Waals surface area contributed by atoms with E-state index in [4.69, 9.17) is 9.84 Å². The minimum Gasteiger partial charge on any atom is -0.481 e. The third-order valence-electron chi connectivity index (χ3n) is 3.85. The van der Waals surface area contributed by atoms with Gasteiger partial charge in [0.15, 0.2) is 5.60 Å². The van der Waals surface area contributed by atoms with Crippen molar-refractivity contribution >= 4 is 29.3 Å². The van der Waals surface area contributed by atoms with Crippen LogP contribution in [0.25, 0.3) is 0 Å². The summed E-state index contributed by atoms with van der Waals surface area (Å²) in [6, 6.07) is 16.7. The van der Waals surface area contributed by atoms with Gasteiger partial charge in [0.2, 0.25) is 0 Å². The number of amides is 1. The van der Waals surface area contributed by atoms with E-state index in [0.29, 0.717) is 11.4 Å². The van der Waals surface area contributed by atoms with Gasteiger partial charge >= 0.3 is 5.97 Å². The van der Waals surface area contributed by atoms with Crippen molar-refractivity contribution in [3.63, 3.8) is 0 Å². The molecule has 25 heavy (non-hydrogen) atoms. The number of carboxylic acid groups (broad SMARTS) is 1. The van der Waals surface area contributed by atoms with Gasteiger partial charge in [0.25, 0.3) is 5.91 Å². The molecule has 0 aliphatic carbocycles. The summed E-state index contributed by atoms with van der Waals surface area (Å²) in [5.41, 5.74) is 1.26. The Balaban J connectivity index is 2.10. The highest BCUT2D eigenvalue weighted by molar-refractivity contribution is 7.99. The number of carboxylic acids is 1. The van der Waals surface area contributed by atoms with Gasteiger partial charge in [-0.2, -0.15) is 0 Å². The topological polar surface area (TPSA) is 75.6 Å². The maximum absolute atomic E-state index is 12.8. The summed E-state index contributed by atoms with van der Waals surface area (Å²) in [7, 11) is 1.51. The summed E-state index contributed by atoms with van der Waals surface area (Å²) in [4.78, 5) is 23.3. The number of hydrogen-bond acceptors (Lipinski definition) is 4. The number of ether oxygens (including phenoxy) is 1. The lowest BCUT2D eigenvalue weighted by molar-refractivity contribution is -0.137. The molecule has 0 saturated carbocycles. The number of benzene rings is 2. The lowest BCUT2D eigenvalue weighted by Crippen LogP contribution is -2.39. The van der Waals surface area contributed by atoms with Gasteiger partial charge in [0.05, 0.1) is 5.75 Å². The number of anilines is 1. The van der Waals surface area contributed by atoms with E-state index in [-0.39, 0.29) is 11.7 Å². The van der Waals surface area contributed by atoms with E-state index in [1.165, 1.54) is 18.9 Å². The fourth-order valence-electron chi connectivity index (χ4n) is 2.34. The second-order valence-electron chi connectivity index (χ2n) is 5.64. The second-order valence-corrected chi connectivity index (χ2v) is 6.63. The van der Waals surface area contributed by atoms with Crippen molar-refractivity contribution in [1.29, 1.82) is 0 Å². The number of carbonyl (C=O) groups is 2. The normalized spacial score (nSPS) is 13.0. The highest BCUT2D eigenvalue weighted by Gasteiger charge is 2.35. The summed E-state index contributed by atoms with van der Waals surface area (Å²) >= 11 is 1.31. The monoisotopic (exact) mass is 359 g/mol. The fraction of sp³-hybridized carbons (Fsp3) is 0.263. The molecule has 0 fully saturated rings. The van der Waals surface area contributed by atoms with Gasteiger partial charge in [0, 0.05) is 18.6 Å². The van der Waals surface area contributed by atoms with Gasteiger partial charge in [-0.1, -0.05) is 42.5 Å². The van der Waals surface area contributed by atoms with Crippen molar-refractivity contribution in [3.05, 3.63) is 65.7 Å². The van der Waals surface area contributed by atoms with Crippen molar-refractivity contribution < 1.29 is 19.4 Å². The van der Waals surface area contributed by atoms with Crippen LogP contribution < -0.4 is 5.32 Å². The highest BCUT2D eigenvalue weighted by Crippen LogP contribution is 2.27. The van der Waals surface area contributed by atoms with Gasteiger partial charge in [-0.15, -0.1) is 11.8 Å². The number of methoxy groups -OCH3 is 1. The minimum atomic E-state index is -1.10. The van der Waals surface area contributed by atoms with Gasteiger partial charge in [-0.05, 0) is 30.2 Å². The van der Waals surface area contributed by atoms with Crippen molar-refractivity contribution in [2.24, 2.45) is 0 Å². The third kappa shape index (κ3) is 5.08. The summed E-state index contributed by atoms with van der Waals surface area (Å²) in [5.74, 6) is -0.493. The average molecular weight is 359 g/mol. The van der Waals surface area contributed by atoms with Gasteiger partial charge in [-0.25, -0.2) is 0 Å². The predicted molar refractivity (Wildman–Crippen MR) is 99.7 cm³/mol. The van der Waals surface area contributed by atoms with E-state index in [2.05, 4.69) is 5.32 Å². The molecule has 0 aliphatic rings. The van der Waals surface area contributed by atoms with E-state index in [9.17, 15) is 9.59 Å². The van der Waals surface area contributed by atoms with E-state index in [1.54, 1.807) is 13.0 Å². The molecule has 0 radical (unpaired) electrons. The molecule has 2 rings (SSSR count). The summed E-state index contributed by atoms with van der Waals surface area (Å²) < 4.78 is 5.50. The fourth-order valence-corrected chi connectivity index (χ4v) is 3.04. The smallest absolute Gasteiger partial charge is 0.313 e. The van der Waals surface area contributed by atoms with E-state index < -0.39 is 11.6 Å². The maximum atomic E-state index is 12.8. The Labute approximate surface area is 151 Å². The zero-order valence-electron chi connectivity index (χ0n) is 14.2.